The maximum absolute atomic E-state index is 11.3. The second-order valence-corrected chi connectivity index (χ2v) is 4.34. The zero-order valence-electron chi connectivity index (χ0n) is 8.68. The van der Waals surface area contributed by atoms with Crippen molar-refractivity contribution < 1.29 is 9.53 Å². The number of hydrogen-bond donors (Lipinski definition) is 0. The number of aliphatic imine (C=N–C) groups is 1. The molecule has 0 N–H and O–H groups in total. The van der Waals surface area contributed by atoms with Crippen molar-refractivity contribution in [2.24, 2.45) is 4.99 Å². The maximum atomic E-state index is 11.3. The van der Waals surface area contributed by atoms with Crippen molar-refractivity contribution in [1.82, 2.24) is 0 Å². The number of carbonyl (C=O) groups excluding carboxylic acids is 1. The molecule has 3 nitrogen and oxygen atoms in total. The second-order valence-electron chi connectivity index (χ2n) is 3.25. The minimum Gasteiger partial charge on any atom is -0.412 e. The van der Waals surface area contributed by atoms with E-state index in [0.29, 0.717) is 5.06 Å². The zero-order valence-corrected chi connectivity index (χ0v) is 9.50. The highest BCUT2D eigenvalue weighted by molar-refractivity contribution is 7.14. The van der Waals surface area contributed by atoms with E-state index in [1.54, 1.807) is 6.08 Å². The van der Waals surface area contributed by atoms with E-state index in [1.165, 1.54) is 28.4 Å². The molecule has 0 aromatic carbocycles. The van der Waals surface area contributed by atoms with Crippen LogP contribution in [-0.4, -0.2) is 18.7 Å². The van der Waals surface area contributed by atoms with Gasteiger partial charge in [-0.05, 0) is 0 Å². The van der Waals surface area contributed by atoms with Gasteiger partial charge in [0.25, 0.3) is 0 Å². The number of esters is 1. The van der Waals surface area contributed by atoms with Crippen LogP contribution in [0.15, 0.2) is 35.9 Å². The van der Waals surface area contributed by atoms with Crippen molar-refractivity contribution >= 4 is 23.5 Å². The molecule has 0 saturated carbocycles. The van der Waals surface area contributed by atoms with Gasteiger partial charge in [-0.2, -0.15) is 0 Å². The van der Waals surface area contributed by atoms with Gasteiger partial charge in [-0.15, -0.1) is 11.3 Å². The van der Waals surface area contributed by atoms with E-state index >= 15 is 0 Å². The maximum Gasteiger partial charge on any atom is 0.336 e. The molecule has 0 unspecified atom stereocenters. The first-order valence-electron chi connectivity index (χ1n) is 4.93. The molecule has 82 valence electrons. The van der Waals surface area contributed by atoms with E-state index in [1.807, 2.05) is 12.3 Å². The summed E-state index contributed by atoms with van der Waals surface area (Å²) in [7, 11) is 0. The molecule has 1 aliphatic heterocycles. The first kappa shape index (κ1) is 10.8. The number of fused-ring (bicyclic) bond motifs is 1. The summed E-state index contributed by atoms with van der Waals surface area (Å²) in [5.74, 6) is -0.379. The van der Waals surface area contributed by atoms with Crippen molar-refractivity contribution in [3.05, 3.63) is 41.3 Å². The third-order valence-electron chi connectivity index (χ3n) is 2.09. The van der Waals surface area contributed by atoms with Crippen LogP contribution in [0.1, 0.15) is 10.4 Å². The van der Waals surface area contributed by atoms with E-state index in [-0.39, 0.29) is 5.97 Å². The van der Waals surface area contributed by atoms with Crippen LogP contribution in [0.25, 0.3) is 0 Å². The minimum absolute atomic E-state index is 0.379. The molecule has 0 aliphatic carbocycles. The summed E-state index contributed by atoms with van der Waals surface area (Å²) in [6.07, 6.45) is 7.19. The molecular weight excluding hydrogens is 222 g/mol. The highest BCUT2D eigenvalue weighted by atomic mass is 32.1. The summed E-state index contributed by atoms with van der Waals surface area (Å²) >= 11 is 1.50. The predicted molar refractivity (Wildman–Crippen MR) is 65.5 cm³/mol. The zero-order chi connectivity index (χ0) is 11.4. The molecule has 0 fully saturated rings. The van der Waals surface area contributed by atoms with Crippen LogP contribution >= 0.6 is 11.3 Å². The highest BCUT2D eigenvalue weighted by Crippen LogP contribution is 2.30. The Morgan fingerprint density at radius 1 is 1.62 bits per heavy atom. The van der Waals surface area contributed by atoms with E-state index in [9.17, 15) is 4.79 Å². The van der Waals surface area contributed by atoms with E-state index < -0.39 is 0 Å². The fourth-order valence-electron chi connectivity index (χ4n) is 1.38. The quantitative estimate of drug-likeness (QED) is 0.456. The Balaban J connectivity index is 2.08. The van der Waals surface area contributed by atoms with Gasteiger partial charge in [0.05, 0.1) is 0 Å². The first-order valence-corrected chi connectivity index (χ1v) is 5.74. The molecule has 0 atom stereocenters. The number of allylic oxidation sites excluding steroid dienone is 2. The molecule has 0 saturated heterocycles. The van der Waals surface area contributed by atoms with E-state index in [0.717, 1.165) is 18.5 Å². The van der Waals surface area contributed by atoms with Gasteiger partial charge in [-0.25, -0.2) is 4.79 Å². The Kier molecular flexibility index (Phi) is 3.31. The molecule has 0 amide bonds. The average Bonchev–Trinajstić information content (AvgIpc) is 2.68. The average molecular weight is 233 g/mol. The summed E-state index contributed by atoms with van der Waals surface area (Å²) in [6.45, 7) is 4.30. The lowest BCUT2D eigenvalue weighted by Crippen LogP contribution is -2.01. The largest absolute Gasteiger partial charge is 0.412 e. The number of thiophene rings is 1. The van der Waals surface area contributed by atoms with Gasteiger partial charge < -0.3 is 4.74 Å². The summed E-state index contributed by atoms with van der Waals surface area (Å²) in [6, 6.07) is 1.85. The van der Waals surface area contributed by atoms with Crippen molar-refractivity contribution in [3.8, 4) is 5.06 Å². The Labute approximate surface area is 97.8 Å². The normalized spacial score (nSPS) is 13.8. The molecule has 0 bridgehead atoms. The monoisotopic (exact) mass is 233 g/mol. The number of rotatable bonds is 3. The molecule has 2 heterocycles. The number of carbonyl (C=O) groups is 1. The summed E-state index contributed by atoms with van der Waals surface area (Å²) in [5.41, 5.74) is 1.06. The second kappa shape index (κ2) is 4.90. The molecule has 0 spiro atoms. The van der Waals surface area contributed by atoms with Crippen molar-refractivity contribution in [2.75, 3.05) is 6.54 Å². The van der Waals surface area contributed by atoms with Crippen LogP contribution in [0.2, 0.25) is 0 Å². The highest BCUT2D eigenvalue weighted by Gasteiger charge is 2.12. The Bertz CT molecular complexity index is 471. The van der Waals surface area contributed by atoms with E-state index in [2.05, 4.69) is 11.6 Å². The molecule has 16 heavy (non-hydrogen) atoms. The first-order chi connectivity index (χ1) is 7.79. The van der Waals surface area contributed by atoms with Crippen LogP contribution in [0.3, 0.4) is 0 Å². The smallest absolute Gasteiger partial charge is 0.336 e. The van der Waals surface area contributed by atoms with Gasteiger partial charge >= 0.3 is 5.97 Å². The predicted octanol–water partition coefficient (Wildman–Crippen LogP) is 2.37. The Hall–Kier alpha value is -1.68. The van der Waals surface area contributed by atoms with Gasteiger partial charge in [-0.3, -0.25) is 4.99 Å². The lowest BCUT2D eigenvalue weighted by molar-refractivity contribution is -0.128. The SMILES string of the molecule is C=CC=CC(=O)Oc1cc2c(s1)CCN=C2. The van der Waals surface area contributed by atoms with Gasteiger partial charge in [0, 0.05) is 41.8 Å². The standard InChI is InChI=1S/C12H11NO2S/c1-2-3-4-11(14)15-12-7-9-8-13-6-5-10(9)16-12/h2-4,7-8H,1,5-6H2. The number of nitrogens with zero attached hydrogens (tertiary/aromatic N) is 1. The number of ether oxygens (including phenoxy) is 1. The van der Waals surface area contributed by atoms with Gasteiger partial charge in [0.2, 0.25) is 0 Å². The fraction of sp³-hybridized carbons (Fsp3) is 0.167. The third-order valence-corrected chi connectivity index (χ3v) is 3.18. The van der Waals surface area contributed by atoms with Crippen LogP contribution in [-0.2, 0) is 11.2 Å². The van der Waals surface area contributed by atoms with Crippen LogP contribution in [0.5, 0.6) is 5.06 Å². The summed E-state index contributed by atoms with van der Waals surface area (Å²) in [4.78, 5) is 16.7. The van der Waals surface area contributed by atoms with Crippen LogP contribution in [0.4, 0.5) is 0 Å². The van der Waals surface area contributed by atoms with Crippen molar-refractivity contribution in [2.45, 2.75) is 6.42 Å². The minimum atomic E-state index is -0.379. The summed E-state index contributed by atoms with van der Waals surface area (Å²) < 4.78 is 5.15. The lowest BCUT2D eigenvalue weighted by Gasteiger charge is -2.00. The molecule has 0 radical (unpaired) electrons. The topological polar surface area (TPSA) is 38.7 Å². The Morgan fingerprint density at radius 3 is 3.25 bits per heavy atom. The lowest BCUT2D eigenvalue weighted by atomic mass is 10.2. The summed E-state index contributed by atoms with van der Waals surface area (Å²) in [5, 5.41) is 0.622. The van der Waals surface area contributed by atoms with Gasteiger partial charge in [0.1, 0.15) is 0 Å². The van der Waals surface area contributed by atoms with Gasteiger partial charge in [0.15, 0.2) is 5.06 Å². The Morgan fingerprint density at radius 2 is 2.50 bits per heavy atom. The third kappa shape index (κ3) is 2.46. The molecule has 1 aromatic heterocycles. The molecule has 2 rings (SSSR count). The molecule has 1 aromatic rings. The van der Waals surface area contributed by atoms with Crippen molar-refractivity contribution in [1.29, 1.82) is 0 Å². The number of hydrogen-bond acceptors (Lipinski definition) is 4. The molecule has 1 aliphatic rings. The molecular formula is C12H11NO2S. The van der Waals surface area contributed by atoms with Crippen LogP contribution < -0.4 is 4.74 Å². The molecule has 4 heteroatoms. The van der Waals surface area contributed by atoms with Gasteiger partial charge in [-0.1, -0.05) is 18.7 Å². The van der Waals surface area contributed by atoms with Crippen LogP contribution in [0, 0.1) is 0 Å². The van der Waals surface area contributed by atoms with E-state index in [4.69, 9.17) is 4.74 Å². The van der Waals surface area contributed by atoms with Crippen molar-refractivity contribution in [3.63, 3.8) is 0 Å². The fourth-order valence-corrected chi connectivity index (χ4v) is 2.36.